The first-order valence-electron chi connectivity index (χ1n) is 10.2. The summed E-state index contributed by atoms with van der Waals surface area (Å²) < 4.78 is 12.3. The minimum Gasteiger partial charge on any atom is -0.493 e. The molecule has 1 aliphatic heterocycles. The average molecular weight is 502 g/mol. The van der Waals surface area contributed by atoms with Crippen molar-refractivity contribution in [3.63, 3.8) is 0 Å². The van der Waals surface area contributed by atoms with Crippen LogP contribution in [0.15, 0.2) is 81.9 Å². The second kappa shape index (κ2) is 9.72. The van der Waals surface area contributed by atoms with Gasteiger partial charge in [-0.2, -0.15) is 15.4 Å². The molecule has 0 fully saturated rings. The van der Waals surface area contributed by atoms with Gasteiger partial charge in [0.25, 0.3) is 5.91 Å². The molecule has 0 aliphatic carbocycles. The van der Waals surface area contributed by atoms with Crippen LogP contribution in [0.3, 0.4) is 0 Å². The fraction of sp³-hybridized carbons (Fsp3) is 0.115. The van der Waals surface area contributed by atoms with Crippen molar-refractivity contribution in [3.8, 4) is 17.6 Å². The highest BCUT2D eigenvalue weighted by atomic mass is 79.9. The number of ether oxygens (including phenoxy) is 2. The van der Waals surface area contributed by atoms with E-state index < -0.39 is 0 Å². The Morgan fingerprint density at radius 2 is 1.82 bits per heavy atom. The summed E-state index contributed by atoms with van der Waals surface area (Å²) in [6.07, 6.45) is 1.78. The molecule has 0 atom stereocenters. The van der Waals surface area contributed by atoms with Crippen LogP contribution in [0, 0.1) is 11.3 Å². The summed E-state index contributed by atoms with van der Waals surface area (Å²) in [4.78, 5) is 13.1. The molecule has 0 unspecified atom stereocenters. The van der Waals surface area contributed by atoms with Crippen LogP contribution < -0.4 is 14.5 Å². The fourth-order valence-corrected chi connectivity index (χ4v) is 3.80. The molecule has 33 heavy (non-hydrogen) atoms. The number of carbonyl (C=O) groups is 1. The first-order valence-corrected chi connectivity index (χ1v) is 11.0. The van der Waals surface area contributed by atoms with E-state index in [9.17, 15) is 4.79 Å². The van der Waals surface area contributed by atoms with Crippen LogP contribution in [0.25, 0.3) is 6.08 Å². The Morgan fingerprint density at radius 1 is 1.09 bits per heavy atom. The van der Waals surface area contributed by atoms with Crippen molar-refractivity contribution in [1.82, 2.24) is 0 Å². The number of nitrogens with zero attached hydrogens (tertiary/aromatic N) is 3. The molecule has 1 heterocycles. The molecule has 0 saturated heterocycles. The Morgan fingerprint density at radius 3 is 2.48 bits per heavy atom. The maximum absolute atomic E-state index is 13.1. The summed E-state index contributed by atoms with van der Waals surface area (Å²) in [5.74, 6) is 0.912. The number of nitriles is 1. The van der Waals surface area contributed by atoms with Crippen molar-refractivity contribution in [2.45, 2.75) is 13.5 Å². The second-order valence-corrected chi connectivity index (χ2v) is 8.17. The summed E-state index contributed by atoms with van der Waals surface area (Å²) >= 11 is 3.58. The number of halogens is 1. The average Bonchev–Trinajstić information content (AvgIpc) is 3.13. The van der Waals surface area contributed by atoms with Gasteiger partial charge in [-0.3, -0.25) is 4.79 Å². The van der Waals surface area contributed by atoms with Gasteiger partial charge < -0.3 is 9.47 Å². The number of hydrogen-bond donors (Lipinski definition) is 0. The van der Waals surface area contributed by atoms with E-state index in [-0.39, 0.29) is 5.91 Å². The molecule has 0 N–H and O–H groups in total. The van der Waals surface area contributed by atoms with Crippen molar-refractivity contribution < 1.29 is 14.3 Å². The number of methoxy groups -OCH3 is 1. The number of anilines is 1. The monoisotopic (exact) mass is 501 g/mol. The van der Waals surface area contributed by atoms with E-state index in [0.29, 0.717) is 40.6 Å². The van der Waals surface area contributed by atoms with Gasteiger partial charge in [-0.15, -0.1) is 0 Å². The Bertz CT molecular complexity index is 1290. The maximum Gasteiger partial charge on any atom is 0.280 e. The molecule has 0 spiro atoms. The van der Waals surface area contributed by atoms with Crippen LogP contribution in [0.2, 0.25) is 0 Å². The molecule has 0 aromatic heterocycles. The number of rotatable bonds is 6. The molecule has 0 radical (unpaired) electrons. The first-order chi connectivity index (χ1) is 16.0. The number of benzene rings is 3. The van der Waals surface area contributed by atoms with Gasteiger partial charge >= 0.3 is 0 Å². The predicted octanol–water partition coefficient (Wildman–Crippen LogP) is 5.71. The van der Waals surface area contributed by atoms with Gasteiger partial charge in [-0.05, 0) is 60.5 Å². The predicted molar refractivity (Wildman–Crippen MR) is 131 cm³/mol. The molecule has 1 aliphatic rings. The van der Waals surface area contributed by atoms with E-state index in [1.54, 1.807) is 44.4 Å². The minimum atomic E-state index is -0.243. The number of hydrogen-bond acceptors (Lipinski definition) is 5. The van der Waals surface area contributed by atoms with Crippen molar-refractivity contribution in [3.05, 3.63) is 93.5 Å². The van der Waals surface area contributed by atoms with Crippen LogP contribution >= 0.6 is 15.9 Å². The third-order valence-corrected chi connectivity index (χ3v) is 5.81. The van der Waals surface area contributed by atoms with Gasteiger partial charge in [0.15, 0.2) is 11.5 Å². The fourth-order valence-electron chi connectivity index (χ4n) is 3.36. The molecule has 3 aromatic rings. The molecule has 0 bridgehead atoms. The largest absolute Gasteiger partial charge is 0.493 e. The molecule has 4 rings (SSSR count). The Labute approximate surface area is 200 Å². The summed E-state index contributed by atoms with van der Waals surface area (Å²) in [7, 11) is 1.58. The van der Waals surface area contributed by atoms with E-state index in [4.69, 9.17) is 14.7 Å². The van der Waals surface area contributed by atoms with Gasteiger partial charge in [-0.1, -0.05) is 46.3 Å². The zero-order valence-electron chi connectivity index (χ0n) is 18.1. The van der Waals surface area contributed by atoms with Crippen LogP contribution in [-0.4, -0.2) is 18.7 Å². The molecule has 6 nitrogen and oxygen atoms in total. The zero-order valence-corrected chi connectivity index (χ0v) is 19.7. The molecule has 3 aromatic carbocycles. The smallest absolute Gasteiger partial charge is 0.280 e. The number of carbonyl (C=O) groups excluding carboxylic acids is 1. The lowest BCUT2D eigenvalue weighted by molar-refractivity contribution is -0.114. The van der Waals surface area contributed by atoms with E-state index in [1.807, 2.05) is 42.5 Å². The van der Waals surface area contributed by atoms with Crippen LogP contribution in [0.4, 0.5) is 5.69 Å². The van der Waals surface area contributed by atoms with Crippen molar-refractivity contribution in [2.24, 2.45) is 5.10 Å². The first kappa shape index (κ1) is 22.3. The quantitative estimate of drug-likeness (QED) is 0.405. The zero-order chi connectivity index (χ0) is 23.4. The highest BCUT2D eigenvalue weighted by Crippen LogP contribution is 2.36. The minimum absolute atomic E-state index is 0.243. The van der Waals surface area contributed by atoms with Crippen molar-refractivity contribution in [1.29, 1.82) is 5.26 Å². The van der Waals surface area contributed by atoms with Crippen LogP contribution in [0.1, 0.15) is 23.6 Å². The molecule has 0 saturated carbocycles. The molecule has 7 heteroatoms. The van der Waals surface area contributed by atoms with E-state index in [0.717, 1.165) is 15.6 Å². The van der Waals surface area contributed by atoms with Crippen LogP contribution in [0.5, 0.6) is 11.5 Å². The molecular weight excluding hydrogens is 482 g/mol. The summed E-state index contributed by atoms with van der Waals surface area (Å²) in [6.45, 7) is 2.20. The van der Waals surface area contributed by atoms with Crippen LogP contribution in [-0.2, 0) is 11.4 Å². The van der Waals surface area contributed by atoms with Gasteiger partial charge in [0.2, 0.25) is 0 Å². The second-order valence-electron chi connectivity index (χ2n) is 7.32. The Balaban J connectivity index is 1.59. The van der Waals surface area contributed by atoms with Crippen molar-refractivity contribution >= 4 is 39.3 Å². The standard InChI is InChI=1S/C26H20BrN3O3/c1-17-22(26(31)30(29-17)21-10-8-18(15-28)9-11-21)12-20-13-24(32-2)25(14-23(20)27)33-16-19-6-4-3-5-7-19/h3-14H,16H2,1-2H3/b22-12+. The maximum atomic E-state index is 13.1. The third-order valence-electron chi connectivity index (χ3n) is 5.12. The highest BCUT2D eigenvalue weighted by Gasteiger charge is 2.29. The Kier molecular flexibility index (Phi) is 6.57. The van der Waals surface area contributed by atoms with E-state index in [1.165, 1.54) is 5.01 Å². The summed E-state index contributed by atoms with van der Waals surface area (Å²) in [5.41, 5.74) is 4.00. The summed E-state index contributed by atoms with van der Waals surface area (Å²) in [5, 5.41) is 14.7. The van der Waals surface area contributed by atoms with Gasteiger partial charge in [-0.25, -0.2) is 0 Å². The Hall–Kier alpha value is -3.89. The van der Waals surface area contributed by atoms with Gasteiger partial charge in [0.1, 0.15) is 6.61 Å². The molecule has 164 valence electrons. The third kappa shape index (κ3) is 4.81. The topological polar surface area (TPSA) is 74.9 Å². The normalized spacial score (nSPS) is 14.2. The van der Waals surface area contributed by atoms with E-state index in [2.05, 4.69) is 27.1 Å². The lowest BCUT2D eigenvalue weighted by Gasteiger charge is -2.14. The van der Waals surface area contributed by atoms with Gasteiger partial charge in [0.05, 0.1) is 35.7 Å². The highest BCUT2D eigenvalue weighted by molar-refractivity contribution is 9.10. The lowest BCUT2D eigenvalue weighted by Crippen LogP contribution is -2.21. The van der Waals surface area contributed by atoms with E-state index >= 15 is 0 Å². The van der Waals surface area contributed by atoms with Gasteiger partial charge in [0, 0.05) is 4.47 Å². The number of hydrazone groups is 1. The molecule has 1 amide bonds. The van der Waals surface area contributed by atoms with Crippen molar-refractivity contribution in [2.75, 3.05) is 12.1 Å². The SMILES string of the molecule is COc1cc(/C=C2/C(=O)N(c3ccc(C#N)cc3)N=C2C)c(Br)cc1OCc1ccccc1. The summed E-state index contributed by atoms with van der Waals surface area (Å²) in [6, 6.07) is 22.3. The lowest BCUT2D eigenvalue weighted by atomic mass is 10.1. The molecular formula is C26H20BrN3O3. The number of amides is 1.